The monoisotopic (exact) mass is 434 g/mol. The number of benzene rings is 3. The van der Waals surface area contributed by atoms with Crippen LogP contribution in [0.4, 0.5) is 4.39 Å². The van der Waals surface area contributed by atoms with E-state index >= 15 is 0 Å². The van der Waals surface area contributed by atoms with Crippen LogP contribution < -0.4 is 4.74 Å². The summed E-state index contributed by atoms with van der Waals surface area (Å²) < 4.78 is 19.0. The highest BCUT2D eigenvalue weighted by Crippen LogP contribution is 2.19. The summed E-state index contributed by atoms with van der Waals surface area (Å²) in [5, 5.41) is 10.5. The van der Waals surface area contributed by atoms with Gasteiger partial charge < -0.3 is 9.84 Å². The van der Waals surface area contributed by atoms with E-state index in [9.17, 15) is 9.50 Å². The fourth-order valence-corrected chi connectivity index (χ4v) is 4.26. The molecule has 1 N–H and O–H groups in total. The van der Waals surface area contributed by atoms with Crippen LogP contribution in [0.1, 0.15) is 22.3 Å². The summed E-state index contributed by atoms with van der Waals surface area (Å²) in [4.78, 5) is 4.46. The van der Waals surface area contributed by atoms with E-state index in [4.69, 9.17) is 4.74 Å². The molecule has 168 valence electrons. The third-order valence-corrected chi connectivity index (χ3v) is 5.84. The summed E-state index contributed by atoms with van der Waals surface area (Å²) >= 11 is 0. The van der Waals surface area contributed by atoms with Crippen molar-refractivity contribution >= 4 is 0 Å². The van der Waals surface area contributed by atoms with E-state index in [-0.39, 0.29) is 12.4 Å². The first-order chi connectivity index (χ1) is 15.5. The number of aliphatic hydroxyl groups is 1. The van der Waals surface area contributed by atoms with Gasteiger partial charge in [0.25, 0.3) is 0 Å². The van der Waals surface area contributed by atoms with Crippen LogP contribution >= 0.6 is 0 Å². The molecule has 4 rings (SSSR count). The van der Waals surface area contributed by atoms with Gasteiger partial charge in [-0.15, -0.1) is 0 Å². The molecule has 0 fully saturated rings. The van der Waals surface area contributed by atoms with Crippen LogP contribution in [0.5, 0.6) is 5.75 Å². The minimum atomic E-state index is -0.537. The van der Waals surface area contributed by atoms with Crippen molar-refractivity contribution in [2.45, 2.75) is 32.2 Å². The molecule has 1 atom stereocenters. The average molecular weight is 435 g/mol. The van der Waals surface area contributed by atoms with Crippen molar-refractivity contribution < 1.29 is 14.2 Å². The van der Waals surface area contributed by atoms with Crippen LogP contribution in [0.25, 0.3) is 0 Å². The number of nitrogens with zero attached hydrogens (tertiary/aromatic N) is 2. The largest absolute Gasteiger partial charge is 0.491 e. The topological polar surface area (TPSA) is 35.9 Å². The predicted molar refractivity (Wildman–Crippen MR) is 125 cm³/mol. The molecule has 0 saturated heterocycles. The maximum absolute atomic E-state index is 13.1. The highest BCUT2D eigenvalue weighted by Gasteiger charge is 2.18. The molecule has 0 aromatic heterocycles. The Balaban J connectivity index is 1.24. The molecule has 0 radical (unpaired) electrons. The van der Waals surface area contributed by atoms with Crippen LogP contribution in [-0.4, -0.2) is 47.8 Å². The number of fused-ring (bicyclic) bond motifs is 1. The molecule has 0 spiro atoms. The van der Waals surface area contributed by atoms with Crippen LogP contribution in [0.3, 0.4) is 0 Å². The maximum Gasteiger partial charge on any atom is 0.123 e. The van der Waals surface area contributed by atoms with Gasteiger partial charge in [-0.05, 0) is 60.0 Å². The smallest absolute Gasteiger partial charge is 0.123 e. The zero-order valence-corrected chi connectivity index (χ0v) is 18.6. The van der Waals surface area contributed by atoms with E-state index in [1.54, 1.807) is 0 Å². The number of β-amino-alcohol motifs (C(OH)–C–C–N with tert-alkyl or cyclic N) is 1. The lowest BCUT2D eigenvalue weighted by atomic mass is 10.00. The second-order valence-corrected chi connectivity index (χ2v) is 8.66. The van der Waals surface area contributed by atoms with Crippen molar-refractivity contribution in [1.82, 2.24) is 9.80 Å². The average Bonchev–Trinajstić information content (AvgIpc) is 2.79. The zero-order valence-electron chi connectivity index (χ0n) is 18.6. The van der Waals surface area contributed by atoms with Crippen molar-refractivity contribution in [2.24, 2.45) is 0 Å². The van der Waals surface area contributed by atoms with Gasteiger partial charge in [0.05, 0.1) is 0 Å². The van der Waals surface area contributed by atoms with Gasteiger partial charge in [-0.1, -0.05) is 48.5 Å². The molecule has 1 heterocycles. The van der Waals surface area contributed by atoms with Crippen molar-refractivity contribution in [2.75, 3.05) is 26.7 Å². The highest BCUT2D eigenvalue weighted by atomic mass is 19.1. The van der Waals surface area contributed by atoms with E-state index < -0.39 is 6.10 Å². The van der Waals surface area contributed by atoms with E-state index in [0.717, 1.165) is 49.5 Å². The molecular formula is C27H31FN2O2. The molecular weight excluding hydrogens is 403 g/mol. The Morgan fingerprint density at radius 1 is 0.969 bits per heavy atom. The fraction of sp³-hybridized carbons (Fsp3) is 0.333. The summed E-state index contributed by atoms with van der Waals surface area (Å²) in [6, 6.07) is 23.1. The van der Waals surface area contributed by atoms with E-state index in [0.29, 0.717) is 6.54 Å². The molecule has 4 nitrogen and oxygen atoms in total. The minimum Gasteiger partial charge on any atom is -0.491 e. The number of ether oxygens (including phenoxy) is 1. The van der Waals surface area contributed by atoms with E-state index in [2.05, 4.69) is 40.1 Å². The Morgan fingerprint density at radius 2 is 1.72 bits per heavy atom. The summed E-state index contributed by atoms with van der Waals surface area (Å²) in [6.07, 6.45) is 0.488. The molecule has 0 aliphatic carbocycles. The first-order valence-electron chi connectivity index (χ1n) is 11.2. The Kier molecular flexibility index (Phi) is 7.53. The van der Waals surface area contributed by atoms with Crippen molar-refractivity contribution in [3.05, 3.63) is 101 Å². The Labute approximate surface area is 189 Å². The summed E-state index contributed by atoms with van der Waals surface area (Å²) in [7, 11) is 2.04. The lowest BCUT2D eigenvalue weighted by Crippen LogP contribution is -2.38. The molecule has 0 bridgehead atoms. The number of rotatable bonds is 9. The number of aliphatic hydroxyl groups excluding tert-OH is 1. The van der Waals surface area contributed by atoms with Crippen molar-refractivity contribution in [3.63, 3.8) is 0 Å². The second-order valence-electron chi connectivity index (χ2n) is 8.66. The quantitative estimate of drug-likeness (QED) is 0.546. The molecule has 3 aromatic carbocycles. The Morgan fingerprint density at radius 3 is 2.53 bits per heavy atom. The molecule has 1 unspecified atom stereocenters. The van der Waals surface area contributed by atoms with Gasteiger partial charge in [-0.2, -0.15) is 0 Å². The minimum absolute atomic E-state index is 0.214. The van der Waals surface area contributed by atoms with Gasteiger partial charge in [-0.3, -0.25) is 9.80 Å². The Bertz CT molecular complexity index is 1010. The SMILES string of the molecule is CN(Cc1ccc(F)cc1)Cc1cccc(OCC(O)CN2CCc3ccccc3C2)c1. The number of hydrogen-bond acceptors (Lipinski definition) is 4. The number of halogens is 1. The van der Waals surface area contributed by atoms with Gasteiger partial charge in [-0.25, -0.2) is 4.39 Å². The lowest BCUT2D eigenvalue weighted by Gasteiger charge is -2.30. The molecule has 32 heavy (non-hydrogen) atoms. The predicted octanol–water partition coefficient (Wildman–Crippen LogP) is 4.26. The first-order valence-corrected chi connectivity index (χ1v) is 11.2. The van der Waals surface area contributed by atoms with Crippen molar-refractivity contribution in [3.8, 4) is 5.75 Å². The number of hydrogen-bond donors (Lipinski definition) is 1. The van der Waals surface area contributed by atoms with E-state index in [1.807, 2.05) is 37.4 Å². The summed E-state index contributed by atoms with van der Waals surface area (Å²) in [6.45, 7) is 4.21. The Hall–Kier alpha value is -2.73. The standard InChI is InChI=1S/C27H31FN2O2/c1-29(16-21-9-11-25(28)12-10-21)17-22-5-4-8-27(15-22)32-20-26(31)19-30-14-13-23-6-2-3-7-24(23)18-30/h2-12,15,26,31H,13-14,16-20H2,1H3. The molecule has 0 amide bonds. The lowest BCUT2D eigenvalue weighted by molar-refractivity contribution is 0.0637. The maximum atomic E-state index is 13.1. The van der Waals surface area contributed by atoms with Gasteiger partial charge in [0.15, 0.2) is 0 Å². The van der Waals surface area contributed by atoms with Gasteiger partial charge in [0, 0.05) is 32.7 Å². The van der Waals surface area contributed by atoms with Crippen LogP contribution in [0, 0.1) is 5.82 Å². The molecule has 3 aromatic rings. The van der Waals surface area contributed by atoms with Crippen LogP contribution in [-0.2, 0) is 26.1 Å². The molecule has 1 aliphatic rings. The summed E-state index contributed by atoms with van der Waals surface area (Å²) in [5.74, 6) is 0.550. The summed E-state index contributed by atoms with van der Waals surface area (Å²) in [5.41, 5.74) is 4.97. The first kappa shape index (κ1) is 22.5. The third kappa shape index (κ3) is 6.39. The van der Waals surface area contributed by atoms with Crippen LogP contribution in [0.15, 0.2) is 72.8 Å². The molecule has 5 heteroatoms. The van der Waals surface area contributed by atoms with Gasteiger partial charge in [0.2, 0.25) is 0 Å². The highest BCUT2D eigenvalue weighted by molar-refractivity contribution is 5.30. The van der Waals surface area contributed by atoms with Crippen molar-refractivity contribution in [1.29, 1.82) is 0 Å². The zero-order chi connectivity index (χ0) is 22.3. The van der Waals surface area contributed by atoms with E-state index in [1.165, 1.54) is 23.3 Å². The molecule has 1 aliphatic heterocycles. The normalized spacial score (nSPS) is 14.9. The van der Waals surface area contributed by atoms with Gasteiger partial charge in [0.1, 0.15) is 24.3 Å². The second kappa shape index (κ2) is 10.7. The molecule has 0 saturated carbocycles. The third-order valence-electron chi connectivity index (χ3n) is 5.84. The van der Waals surface area contributed by atoms with Gasteiger partial charge >= 0.3 is 0 Å². The van der Waals surface area contributed by atoms with Crippen LogP contribution in [0.2, 0.25) is 0 Å². The fourth-order valence-electron chi connectivity index (χ4n) is 4.26.